The average molecular weight is 356 g/mol. The van der Waals surface area contributed by atoms with Gasteiger partial charge in [0, 0.05) is 18.8 Å². The molecular formula is C13H13FN4O5S. The number of nitro groups is 1. The number of carbonyl (C=O) groups is 1. The molecule has 0 saturated heterocycles. The number of benzene rings is 1. The minimum atomic E-state index is -4.29. The maximum Gasteiger partial charge on any atom is 0.283 e. The van der Waals surface area contributed by atoms with Crippen molar-refractivity contribution in [2.24, 2.45) is 0 Å². The molecule has 11 heteroatoms. The van der Waals surface area contributed by atoms with Crippen LogP contribution in [0, 0.1) is 22.9 Å². The van der Waals surface area contributed by atoms with E-state index in [1.165, 1.54) is 6.20 Å². The molecule has 0 unspecified atom stereocenters. The Bertz CT molecular complexity index is 922. The number of imidazole rings is 1. The van der Waals surface area contributed by atoms with Crippen LogP contribution < -0.4 is 4.72 Å². The smallest absolute Gasteiger partial charge is 0.283 e. The number of aryl methyl sites for hydroxylation is 2. The number of halogens is 1. The molecule has 0 aliphatic rings. The quantitative estimate of drug-likeness (QED) is 0.637. The summed E-state index contributed by atoms with van der Waals surface area (Å²) in [6, 6.07) is 2.11. The second-order valence-electron chi connectivity index (χ2n) is 4.80. The molecule has 9 nitrogen and oxygen atoms in total. The Labute approximate surface area is 136 Å². The molecule has 1 heterocycles. The van der Waals surface area contributed by atoms with Crippen molar-refractivity contribution < 1.29 is 22.5 Å². The minimum Gasteiger partial charge on any atom is -0.334 e. The van der Waals surface area contributed by atoms with Crippen molar-refractivity contribution in [1.29, 1.82) is 0 Å². The molecule has 0 spiro atoms. The molecule has 1 N–H and O–H groups in total. The van der Waals surface area contributed by atoms with Gasteiger partial charge in [-0.2, -0.15) is 8.42 Å². The first-order valence-electron chi connectivity index (χ1n) is 6.70. The Morgan fingerprint density at radius 3 is 2.62 bits per heavy atom. The second-order valence-corrected chi connectivity index (χ2v) is 6.43. The van der Waals surface area contributed by atoms with Crippen LogP contribution in [-0.4, -0.2) is 28.8 Å². The highest BCUT2D eigenvalue weighted by molar-refractivity contribution is 7.90. The lowest BCUT2D eigenvalue weighted by molar-refractivity contribution is -0.385. The van der Waals surface area contributed by atoms with E-state index in [-0.39, 0.29) is 5.03 Å². The standard InChI is InChI=1S/C13H13FN4O5S/c1-3-17-7-12(15-8(17)2)24(22,23)16-13(19)9-4-10(14)6-11(5-9)18(20)21/h4-7H,3H2,1-2H3,(H,16,19). The SMILES string of the molecule is CCn1cc(S(=O)(=O)NC(=O)c2cc(F)cc([N+](=O)[O-])c2)nc1C. The number of amides is 1. The Morgan fingerprint density at radius 1 is 1.42 bits per heavy atom. The summed E-state index contributed by atoms with van der Waals surface area (Å²) in [5.41, 5.74) is -1.15. The lowest BCUT2D eigenvalue weighted by Crippen LogP contribution is -2.31. The number of nitro benzene ring substituents is 1. The summed E-state index contributed by atoms with van der Waals surface area (Å²) in [6.07, 6.45) is 1.25. The van der Waals surface area contributed by atoms with Crippen LogP contribution in [-0.2, 0) is 16.6 Å². The van der Waals surface area contributed by atoms with E-state index >= 15 is 0 Å². The van der Waals surface area contributed by atoms with E-state index in [9.17, 15) is 27.7 Å². The third kappa shape index (κ3) is 3.56. The normalized spacial score (nSPS) is 11.3. The van der Waals surface area contributed by atoms with Gasteiger partial charge >= 0.3 is 0 Å². The van der Waals surface area contributed by atoms with E-state index in [4.69, 9.17) is 0 Å². The van der Waals surface area contributed by atoms with Crippen LogP contribution in [0.4, 0.5) is 10.1 Å². The molecule has 24 heavy (non-hydrogen) atoms. The molecule has 1 amide bonds. The van der Waals surface area contributed by atoms with E-state index in [1.807, 2.05) is 0 Å². The molecule has 2 rings (SSSR count). The number of rotatable bonds is 5. The first-order chi connectivity index (χ1) is 11.1. The van der Waals surface area contributed by atoms with Crippen molar-refractivity contribution >= 4 is 21.6 Å². The molecule has 0 atom stereocenters. The van der Waals surface area contributed by atoms with Gasteiger partial charge in [-0.25, -0.2) is 14.1 Å². The van der Waals surface area contributed by atoms with E-state index < -0.39 is 37.9 Å². The summed E-state index contributed by atoms with van der Waals surface area (Å²) in [5.74, 6) is -1.79. The number of carbonyl (C=O) groups excluding carboxylic acids is 1. The monoisotopic (exact) mass is 356 g/mol. The Balaban J connectivity index is 2.32. The van der Waals surface area contributed by atoms with E-state index in [2.05, 4.69) is 4.98 Å². The van der Waals surface area contributed by atoms with E-state index in [0.29, 0.717) is 24.5 Å². The van der Waals surface area contributed by atoms with Crippen LogP contribution in [0.1, 0.15) is 23.1 Å². The number of sulfonamides is 1. The number of hydrogen-bond donors (Lipinski definition) is 1. The van der Waals surface area contributed by atoms with E-state index in [0.717, 1.165) is 6.07 Å². The zero-order chi connectivity index (χ0) is 18.1. The maximum atomic E-state index is 13.4. The predicted molar refractivity (Wildman–Crippen MR) is 80.3 cm³/mol. The van der Waals surface area contributed by atoms with Crippen LogP contribution >= 0.6 is 0 Å². The van der Waals surface area contributed by atoms with Gasteiger partial charge in [-0.15, -0.1) is 0 Å². The van der Waals surface area contributed by atoms with Crippen LogP contribution in [0.25, 0.3) is 0 Å². The molecule has 0 fully saturated rings. The van der Waals surface area contributed by atoms with Crippen molar-refractivity contribution in [3.05, 3.63) is 51.7 Å². The highest BCUT2D eigenvalue weighted by Crippen LogP contribution is 2.17. The lowest BCUT2D eigenvalue weighted by Gasteiger charge is -2.05. The fraction of sp³-hybridized carbons (Fsp3) is 0.231. The summed E-state index contributed by atoms with van der Waals surface area (Å²) in [6.45, 7) is 3.87. The predicted octanol–water partition coefficient (Wildman–Crippen LogP) is 1.38. The van der Waals surface area contributed by atoms with Gasteiger partial charge in [0.1, 0.15) is 11.6 Å². The summed E-state index contributed by atoms with van der Waals surface area (Å²) in [5, 5.41) is 10.3. The topological polar surface area (TPSA) is 124 Å². The maximum absolute atomic E-state index is 13.4. The van der Waals surface area contributed by atoms with E-state index in [1.54, 1.807) is 23.1 Å². The zero-order valence-corrected chi connectivity index (χ0v) is 13.5. The summed E-state index contributed by atoms with van der Waals surface area (Å²) < 4.78 is 41.0. The van der Waals surface area contributed by atoms with Crippen LogP contribution in [0.3, 0.4) is 0 Å². The summed E-state index contributed by atoms with van der Waals surface area (Å²) >= 11 is 0. The third-order valence-electron chi connectivity index (χ3n) is 3.15. The summed E-state index contributed by atoms with van der Waals surface area (Å²) in [4.78, 5) is 25.6. The molecule has 0 saturated carbocycles. The number of nitrogens with zero attached hydrogens (tertiary/aromatic N) is 3. The number of aromatic nitrogens is 2. The molecule has 128 valence electrons. The van der Waals surface area contributed by atoms with Crippen LogP contribution in [0.5, 0.6) is 0 Å². The molecule has 2 aromatic rings. The molecule has 0 radical (unpaired) electrons. The number of non-ortho nitro benzene ring substituents is 1. The fourth-order valence-electron chi connectivity index (χ4n) is 1.97. The van der Waals surface area contributed by atoms with Gasteiger partial charge in [0.2, 0.25) is 0 Å². The van der Waals surface area contributed by atoms with Gasteiger partial charge in [0.15, 0.2) is 5.03 Å². The van der Waals surface area contributed by atoms with Crippen molar-refractivity contribution in [2.75, 3.05) is 0 Å². The first kappa shape index (κ1) is 17.5. The largest absolute Gasteiger partial charge is 0.334 e. The highest BCUT2D eigenvalue weighted by atomic mass is 32.2. The van der Waals surface area contributed by atoms with Crippen LogP contribution in [0.2, 0.25) is 0 Å². The zero-order valence-electron chi connectivity index (χ0n) is 12.7. The number of hydrogen-bond acceptors (Lipinski definition) is 6. The van der Waals surface area contributed by atoms with Gasteiger partial charge in [0.25, 0.3) is 21.6 Å². The molecule has 1 aromatic heterocycles. The molecule has 0 bridgehead atoms. The lowest BCUT2D eigenvalue weighted by atomic mass is 10.2. The first-order valence-corrected chi connectivity index (χ1v) is 8.18. The van der Waals surface area contributed by atoms with Crippen molar-refractivity contribution in [3.8, 4) is 0 Å². The Morgan fingerprint density at radius 2 is 2.08 bits per heavy atom. The van der Waals surface area contributed by atoms with Crippen molar-refractivity contribution in [3.63, 3.8) is 0 Å². The fourth-order valence-corrected chi connectivity index (χ4v) is 2.96. The van der Waals surface area contributed by atoms with Gasteiger partial charge < -0.3 is 4.57 Å². The Kier molecular flexibility index (Phi) is 4.64. The highest BCUT2D eigenvalue weighted by Gasteiger charge is 2.24. The van der Waals surface area contributed by atoms with Crippen LogP contribution in [0.15, 0.2) is 29.4 Å². The minimum absolute atomic E-state index is 0.374. The number of nitrogens with one attached hydrogen (secondary N) is 1. The summed E-state index contributed by atoms with van der Waals surface area (Å²) in [7, 11) is -4.29. The van der Waals surface area contributed by atoms with Gasteiger partial charge in [0.05, 0.1) is 16.6 Å². The average Bonchev–Trinajstić information content (AvgIpc) is 2.88. The molecule has 1 aromatic carbocycles. The van der Waals surface area contributed by atoms with Crippen molar-refractivity contribution in [1.82, 2.24) is 14.3 Å². The third-order valence-corrected chi connectivity index (χ3v) is 4.35. The molecule has 0 aliphatic carbocycles. The Hall–Kier alpha value is -2.82. The van der Waals surface area contributed by atoms with Gasteiger partial charge in [-0.05, 0) is 19.9 Å². The van der Waals surface area contributed by atoms with Crippen molar-refractivity contribution in [2.45, 2.75) is 25.4 Å². The molecule has 0 aliphatic heterocycles. The molecular weight excluding hydrogens is 343 g/mol. The second kappa shape index (κ2) is 6.35. The van der Waals surface area contributed by atoms with Gasteiger partial charge in [-0.3, -0.25) is 14.9 Å². The van der Waals surface area contributed by atoms with Gasteiger partial charge in [-0.1, -0.05) is 0 Å².